The number of carbonyl (C=O) groups excluding carboxylic acids is 1. The van der Waals surface area contributed by atoms with Gasteiger partial charge in [0.15, 0.2) is 6.10 Å². The van der Waals surface area contributed by atoms with Crippen molar-refractivity contribution in [3.63, 3.8) is 0 Å². The third-order valence-corrected chi connectivity index (χ3v) is 3.15. The average molecular weight is 308 g/mol. The molecule has 1 N–H and O–H groups in total. The second-order valence-electron chi connectivity index (χ2n) is 4.69. The molecular formula is C16H15ClFNO2. The first-order valence-electron chi connectivity index (χ1n) is 6.45. The van der Waals surface area contributed by atoms with Crippen molar-refractivity contribution in [2.24, 2.45) is 0 Å². The van der Waals surface area contributed by atoms with Crippen LogP contribution in [0.1, 0.15) is 12.5 Å². The smallest absolute Gasteiger partial charge is 0.265 e. The number of benzene rings is 2. The zero-order valence-electron chi connectivity index (χ0n) is 11.7. The number of aryl methyl sites for hydroxylation is 1. The normalized spacial score (nSPS) is 11.8. The van der Waals surface area contributed by atoms with Crippen molar-refractivity contribution >= 4 is 23.2 Å². The van der Waals surface area contributed by atoms with Gasteiger partial charge in [0, 0.05) is 11.8 Å². The second kappa shape index (κ2) is 6.59. The first-order valence-corrected chi connectivity index (χ1v) is 6.83. The first kappa shape index (κ1) is 15.3. The van der Waals surface area contributed by atoms with Crippen molar-refractivity contribution < 1.29 is 13.9 Å². The fourth-order valence-corrected chi connectivity index (χ4v) is 1.95. The molecule has 21 heavy (non-hydrogen) atoms. The molecule has 0 heterocycles. The van der Waals surface area contributed by atoms with E-state index in [0.29, 0.717) is 11.4 Å². The van der Waals surface area contributed by atoms with Gasteiger partial charge in [0.05, 0.1) is 5.02 Å². The summed E-state index contributed by atoms with van der Waals surface area (Å²) < 4.78 is 18.5. The number of hydrogen-bond acceptors (Lipinski definition) is 2. The Kier molecular flexibility index (Phi) is 4.81. The van der Waals surface area contributed by atoms with E-state index < -0.39 is 11.9 Å². The summed E-state index contributed by atoms with van der Waals surface area (Å²) in [6.07, 6.45) is -0.730. The average Bonchev–Trinajstić information content (AvgIpc) is 2.43. The molecule has 0 radical (unpaired) electrons. The maximum absolute atomic E-state index is 13.1. The molecule has 2 rings (SSSR count). The molecule has 1 amide bonds. The molecule has 0 saturated carbocycles. The van der Waals surface area contributed by atoms with E-state index in [-0.39, 0.29) is 10.9 Å². The molecule has 110 valence electrons. The fourth-order valence-electron chi connectivity index (χ4n) is 1.77. The maximum atomic E-state index is 13.1. The van der Waals surface area contributed by atoms with Gasteiger partial charge in [0.2, 0.25) is 0 Å². The molecule has 1 unspecified atom stereocenters. The Bertz CT molecular complexity index is 660. The van der Waals surface area contributed by atoms with Gasteiger partial charge < -0.3 is 10.1 Å². The Hall–Kier alpha value is -2.07. The number of carbonyl (C=O) groups is 1. The maximum Gasteiger partial charge on any atom is 0.265 e. The van der Waals surface area contributed by atoms with E-state index in [0.717, 1.165) is 5.56 Å². The highest BCUT2D eigenvalue weighted by atomic mass is 35.5. The number of halogens is 2. The van der Waals surface area contributed by atoms with E-state index in [1.54, 1.807) is 13.0 Å². The van der Waals surface area contributed by atoms with Crippen molar-refractivity contribution in [3.05, 3.63) is 58.9 Å². The lowest BCUT2D eigenvalue weighted by molar-refractivity contribution is -0.122. The van der Waals surface area contributed by atoms with E-state index in [2.05, 4.69) is 5.32 Å². The van der Waals surface area contributed by atoms with E-state index in [1.807, 2.05) is 25.1 Å². The summed E-state index contributed by atoms with van der Waals surface area (Å²) in [7, 11) is 0. The lowest BCUT2D eigenvalue weighted by atomic mass is 10.2. The largest absolute Gasteiger partial charge is 0.481 e. The number of anilines is 1. The summed E-state index contributed by atoms with van der Waals surface area (Å²) in [5.74, 6) is -0.477. The highest BCUT2D eigenvalue weighted by Gasteiger charge is 2.15. The van der Waals surface area contributed by atoms with Gasteiger partial charge in [-0.1, -0.05) is 23.7 Å². The Morgan fingerprint density at radius 3 is 2.71 bits per heavy atom. The summed E-state index contributed by atoms with van der Waals surface area (Å²) in [6, 6.07) is 11.4. The number of hydrogen-bond donors (Lipinski definition) is 1. The monoisotopic (exact) mass is 307 g/mol. The second-order valence-corrected chi connectivity index (χ2v) is 5.10. The van der Waals surface area contributed by atoms with E-state index in [4.69, 9.17) is 16.3 Å². The van der Waals surface area contributed by atoms with Crippen LogP contribution < -0.4 is 10.1 Å². The molecule has 0 aliphatic carbocycles. The van der Waals surface area contributed by atoms with E-state index in [9.17, 15) is 9.18 Å². The zero-order valence-corrected chi connectivity index (χ0v) is 12.4. The molecule has 0 aliphatic heterocycles. The van der Waals surface area contributed by atoms with Crippen LogP contribution in [-0.2, 0) is 4.79 Å². The summed E-state index contributed by atoms with van der Waals surface area (Å²) in [6.45, 7) is 3.55. The van der Waals surface area contributed by atoms with Crippen LogP contribution in [0.25, 0.3) is 0 Å². The van der Waals surface area contributed by atoms with Crippen molar-refractivity contribution in [3.8, 4) is 5.75 Å². The SMILES string of the molecule is Cc1cccc(NC(=O)C(C)Oc2ccc(F)c(Cl)c2)c1. The first-order chi connectivity index (χ1) is 9.95. The molecule has 0 bridgehead atoms. The number of amides is 1. The Morgan fingerprint density at radius 2 is 2.05 bits per heavy atom. The Labute approximate surface area is 127 Å². The van der Waals surface area contributed by atoms with Crippen LogP contribution in [-0.4, -0.2) is 12.0 Å². The summed E-state index contributed by atoms with van der Waals surface area (Å²) in [5, 5.41) is 2.71. The number of ether oxygens (including phenoxy) is 1. The van der Waals surface area contributed by atoms with Crippen LogP contribution in [0.15, 0.2) is 42.5 Å². The minimum atomic E-state index is -0.730. The van der Waals surface area contributed by atoms with Crippen LogP contribution in [0.4, 0.5) is 10.1 Å². The molecule has 3 nitrogen and oxygen atoms in total. The van der Waals surface area contributed by atoms with E-state index >= 15 is 0 Å². The van der Waals surface area contributed by atoms with Gasteiger partial charge >= 0.3 is 0 Å². The van der Waals surface area contributed by atoms with Crippen LogP contribution >= 0.6 is 11.6 Å². The molecule has 0 saturated heterocycles. The van der Waals surface area contributed by atoms with Gasteiger partial charge in [-0.2, -0.15) is 0 Å². The molecule has 5 heteroatoms. The predicted octanol–water partition coefficient (Wildman–Crippen LogP) is 4.19. The molecule has 0 aromatic heterocycles. The lowest BCUT2D eigenvalue weighted by Gasteiger charge is -2.15. The highest BCUT2D eigenvalue weighted by molar-refractivity contribution is 6.30. The number of rotatable bonds is 4. The fraction of sp³-hybridized carbons (Fsp3) is 0.188. The Morgan fingerprint density at radius 1 is 1.29 bits per heavy atom. The van der Waals surface area contributed by atoms with Crippen molar-refractivity contribution in [2.75, 3.05) is 5.32 Å². The zero-order chi connectivity index (χ0) is 15.4. The van der Waals surface area contributed by atoms with Crippen LogP contribution in [0, 0.1) is 12.7 Å². The summed E-state index contributed by atoms with van der Waals surface area (Å²) in [5.41, 5.74) is 1.75. The summed E-state index contributed by atoms with van der Waals surface area (Å²) >= 11 is 5.67. The predicted molar refractivity (Wildman–Crippen MR) is 81.3 cm³/mol. The number of nitrogens with one attached hydrogen (secondary N) is 1. The third-order valence-electron chi connectivity index (χ3n) is 2.86. The molecule has 0 aliphatic rings. The molecular weight excluding hydrogens is 293 g/mol. The van der Waals surface area contributed by atoms with Gasteiger partial charge in [0.1, 0.15) is 11.6 Å². The minimum absolute atomic E-state index is 0.0428. The van der Waals surface area contributed by atoms with Gasteiger partial charge in [-0.25, -0.2) is 4.39 Å². The summed E-state index contributed by atoms with van der Waals surface area (Å²) in [4.78, 5) is 12.0. The van der Waals surface area contributed by atoms with Gasteiger partial charge in [-0.05, 0) is 43.7 Å². The molecule has 0 spiro atoms. The molecule has 0 fully saturated rings. The van der Waals surface area contributed by atoms with Crippen molar-refractivity contribution in [1.29, 1.82) is 0 Å². The lowest BCUT2D eigenvalue weighted by Crippen LogP contribution is -2.30. The Balaban J connectivity index is 2.00. The van der Waals surface area contributed by atoms with Crippen molar-refractivity contribution in [1.82, 2.24) is 0 Å². The van der Waals surface area contributed by atoms with Crippen molar-refractivity contribution in [2.45, 2.75) is 20.0 Å². The molecule has 1 atom stereocenters. The molecule has 2 aromatic rings. The molecule has 2 aromatic carbocycles. The van der Waals surface area contributed by atoms with Crippen LogP contribution in [0.2, 0.25) is 5.02 Å². The van der Waals surface area contributed by atoms with Gasteiger partial charge in [-0.3, -0.25) is 4.79 Å². The topological polar surface area (TPSA) is 38.3 Å². The minimum Gasteiger partial charge on any atom is -0.481 e. The van der Waals surface area contributed by atoms with E-state index in [1.165, 1.54) is 18.2 Å². The van der Waals surface area contributed by atoms with Gasteiger partial charge in [0.25, 0.3) is 5.91 Å². The van der Waals surface area contributed by atoms with Gasteiger partial charge in [-0.15, -0.1) is 0 Å². The standard InChI is InChI=1S/C16H15ClFNO2/c1-10-4-3-5-12(8-10)19-16(20)11(2)21-13-6-7-15(18)14(17)9-13/h3-9,11H,1-2H3,(H,19,20). The van der Waals surface area contributed by atoms with Crippen LogP contribution in [0.5, 0.6) is 5.75 Å². The third kappa shape index (κ3) is 4.20. The quantitative estimate of drug-likeness (QED) is 0.919. The van der Waals surface area contributed by atoms with Crippen LogP contribution in [0.3, 0.4) is 0 Å². The highest BCUT2D eigenvalue weighted by Crippen LogP contribution is 2.22.